The first-order valence-corrected chi connectivity index (χ1v) is 11.3. The topological polar surface area (TPSA) is 78.8 Å². The Balaban J connectivity index is 2.39. The minimum absolute atomic E-state index is 0.116. The number of hydrogen-bond donors (Lipinski definition) is 1. The van der Waals surface area contributed by atoms with Crippen molar-refractivity contribution in [1.82, 2.24) is 5.43 Å². The van der Waals surface area contributed by atoms with E-state index in [0.29, 0.717) is 10.2 Å². The molecule has 0 bridgehead atoms. The summed E-state index contributed by atoms with van der Waals surface area (Å²) in [6.07, 6.45) is 0. The zero-order valence-corrected chi connectivity index (χ0v) is 19.6. The molecule has 0 aromatic heterocycles. The van der Waals surface area contributed by atoms with E-state index in [2.05, 4.69) is 26.5 Å². The van der Waals surface area contributed by atoms with E-state index < -0.39 is 22.5 Å². The number of rotatable bonds is 6. The predicted octanol–water partition coefficient (Wildman–Crippen LogP) is 4.49. The van der Waals surface area contributed by atoms with Gasteiger partial charge in [-0.05, 0) is 44.2 Å². The van der Waals surface area contributed by atoms with Crippen LogP contribution in [0.1, 0.15) is 33.3 Å². The average Bonchev–Trinajstić information content (AvgIpc) is 2.63. The van der Waals surface area contributed by atoms with Crippen molar-refractivity contribution in [2.45, 2.75) is 39.5 Å². The van der Waals surface area contributed by atoms with Crippen LogP contribution >= 0.6 is 15.9 Å². The average molecular weight is 480 g/mol. The molecule has 0 fully saturated rings. The van der Waals surface area contributed by atoms with Gasteiger partial charge in [-0.2, -0.15) is 5.10 Å². The van der Waals surface area contributed by atoms with Gasteiger partial charge in [-0.15, -0.1) is 0 Å². The number of carbonyl (C=O) groups is 1. The highest BCUT2D eigenvalue weighted by Crippen LogP contribution is 2.26. The van der Waals surface area contributed by atoms with Crippen molar-refractivity contribution in [3.8, 4) is 0 Å². The number of hydrogen-bond acceptors (Lipinski definition) is 4. The van der Waals surface area contributed by atoms with E-state index in [1.54, 1.807) is 36.4 Å². The number of anilines is 1. The normalized spacial score (nSPS) is 12.6. The Morgan fingerprint density at radius 1 is 1.14 bits per heavy atom. The minimum atomic E-state index is -3.95. The zero-order chi connectivity index (χ0) is 21.8. The second kappa shape index (κ2) is 9.09. The van der Waals surface area contributed by atoms with Crippen molar-refractivity contribution in [2.75, 3.05) is 10.8 Å². The van der Waals surface area contributed by atoms with Crippen molar-refractivity contribution in [3.63, 3.8) is 0 Å². The number of nitrogens with zero attached hydrogens (tertiary/aromatic N) is 2. The molecule has 1 N–H and O–H groups in total. The van der Waals surface area contributed by atoms with Crippen LogP contribution in [0.25, 0.3) is 0 Å². The quantitative estimate of drug-likeness (QED) is 0.489. The molecule has 0 heterocycles. The lowest BCUT2D eigenvalue weighted by Gasteiger charge is -2.24. The Morgan fingerprint density at radius 2 is 1.76 bits per heavy atom. The van der Waals surface area contributed by atoms with Crippen LogP contribution in [0.15, 0.2) is 63.0 Å². The highest BCUT2D eigenvalue weighted by Gasteiger charge is 2.27. The summed E-state index contributed by atoms with van der Waals surface area (Å²) in [6.45, 7) is 9.24. The molecule has 2 aromatic rings. The molecule has 156 valence electrons. The van der Waals surface area contributed by atoms with Gasteiger partial charge in [0, 0.05) is 15.6 Å². The fourth-order valence-corrected chi connectivity index (χ4v) is 4.06. The zero-order valence-electron chi connectivity index (χ0n) is 17.2. The van der Waals surface area contributed by atoms with E-state index in [4.69, 9.17) is 0 Å². The van der Waals surface area contributed by atoms with Crippen LogP contribution in [0.3, 0.4) is 0 Å². The summed E-state index contributed by atoms with van der Waals surface area (Å²) in [7, 11) is -3.95. The summed E-state index contributed by atoms with van der Waals surface area (Å²) < 4.78 is 28.4. The highest BCUT2D eigenvalue weighted by atomic mass is 79.9. The third-order valence-corrected chi connectivity index (χ3v) is 6.71. The fourth-order valence-electron chi connectivity index (χ4n) is 2.26. The standard InChI is InChI=1S/C21H26BrN3O3S/c1-15-9-11-19(12-10-15)29(27,28)25(18-8-6-7-17(22)13-18)14-20(26)24-23-16(2)21(3,4)5/h6-13H,14H2,1-5H3,(H,24,26)/b23-16-. The summed E-state index contributed by atoms with van der Waals surface area (Å²) >= 11 is 3.36. The van der Waals surface area contributed by atoms with Gasteiger partial charge >= 0.3 is 0 Å². The fraction of sp³-hybridized carbons (Fsp3) is 0.333. The largest absolute Gasteiger partial charge is 0.271 e. The van der Waals surface area contributed by atoms with Crippen molar-refractivity contribution in [1.29, 1.82) is 0 Å². The predicted molar refractivity (Wildman–Crippen MR) is 121 cm³/mol. The van der Waals surface area contributed by atoms with E-state index in [-0.39, 0.29) is 10.3 Å². The van der Waals surface area contributed by atoms with E-state index >= 15 is 0 Å². The van der Waals surface area contributed by atoms with E-state index in [9.17, 15) is 13.2 Å². The third kappa shape index (κ3) is 6.14. The molecule has 0 aliphatic carbocycles. The molecular weight excluding hydrogens is 454 g/mol. The maximum Gasteiger partial charge on any atom is 0.264 e. The molecule has 0 spiro atoms. The molecule has 0 saturated heterocycles. The molecule has 0 radical (unpaired) electrons. The van der Waals surface area contributed by atoms with Crippen LogP contribution in [0, 0.1) is 12.3 Å². The van der Waals surface area contributed by atoms with Gasteiger partial charge in [-0.1, -0.05) is 60.5 Å². The molecule has 29 heavy (non-hydrogen) atoms. The number of aryl methyl sites for hydroxylation is 1. The molecular formula is C21H26BrN3O3S. The second-order valence-corrected chi connectivity index (χ2v) is 10.6. The second-order valence-electron chi connectivity index (χ2n) is 7.79. The van der Waals surface area contributed by atoms with E-state index in [0.717, 1.165) is 15.6 Å². The molecule has 0 atom stereocenters. The molecule has 2 rings (SSSR count). The third-order valence-electron chi connectivity index (χ3n) is 4.43. The Bertz CT molecular complexity index is 1010. The number of sulfonamides is 1. The smallest absolute Gasteiger partial charge is 0.264 e. The van der Waals surface area contributed by atoms with Crippen LogP contribution in [0.4, 0.5) is 5.69 Å². The minimum Gasteiger partial charge on any atom is -0.271 e. The molecule has 1 amide bonds. The molecule has 8 heteroatoms. The van der Waals surface area contributed by atoms with Gasteiger partial charge in [0.05, 0.1) is 10.6 Å². The molecule has 0 aliphatic rings. The van der Waals surface area contributed by atoms with Gasteiger partial charge in [0.1, 0.15) is 6.54 Å². The maximum atomic E-state index is 13.3. The number of hydrazone groups is 1. The number of carbonyl (C=O) groups excluding carboxylic acids is 1. The lowest BCUT2D eigenvalue weighted by atomic mass is 9.91. The summed E-state index contributed by atoms with van der Waals surface area (Å²) in [4.78, 5) is 12.7. The summed E-state index contributed by atoms with van der Waals surface area (Å²) in [6, 6.07) is 13.3. The summed E-state index contributed by atoms with van der Waals surface area (Å²) in [5.41, 5.74) is 4.33. The number of benzene rings is 2. The van der Waals surface area contributed by atoms with Crippen LogP contribution in [-0.2, 0) is 14.8 Å². The molecule has 2 aromatic carbocycles. The maximum absolute atomic E-state index is 13.3. The lowest BCUT2D eigenvalue weighted by Crippen LogP contribution is -2.40. The van der Waals surface area contributed by atoms with Crippen LogP contribution in [0.5, 0.6) is 0 Å². The number of halogens is 1. The Kier molecular flexibility index (Phi) is 7.24. The van der Waals surface area contributed by atoms with Gasteiger partial charge < -0.3 is 0 Å². The molecule has 0 aliphatic heterocycles. The van der Waals surface area contributed by atoms with Gasteiger partial charge in [0.2, 0.25) is 0 Å². The molecule has 6 nitrogen and oxygen atoms in total. The number of amides is 1. The Morgan fingerprint density at radius 3 is 2.31 bits per heavy atom. The van der Waals surface area contributed by atoms with Gasteiger partial charge in [-0.25, -0.2) is 13.8 Å². The summed E-state index contributed by atoms with van der Waals surface area (Å²) in [5.74, 6) is -0.524. The van der Waals surface area contributed by atoms with Crippen LogP contribution in [-0.4, -0.2) is 26.6 Å². The first-order valence-electron chi connectivity index (χ1n) is 9.10. The van der Waals surface area contributed by atoms with E-state index in [1.165, 1.54) is 12.1 Å². The van der Waals surface area contributed by atoms with Crippen molar-refractivity contribution >= 4 is 43.3 Å². The first kappa shape index (κ1) is 23.1. The monoisotopic (exact) mass is 479 g/mol. The van der Waals surface area contributed by atoms with Crippen LogP contribution in [0.2, 0.25) is 0 Å². The highest BCUT2D eigenvalue weighted by molar-refractivity contribution is 9.10. The van der Waals surface area contributed by atoms with Crippen LogP contribution < -0.4 is 9.73 Å². The Hall–Kier alpha value is -2.19. The molecule has 0 unspecified atom stereocenters. The first-order chi connectivity index (χ1) is 13.4. The van der Waals surface area contributed by atoms with Crippen molar-refractivity contribution in [2.24, 2.45) is 10.5 Å². The van der Waals surface area contributed by atoms with Crippen molar-refractivity contribution < 1.29 is 13.2 Å². The van der Waals surface area contributed by atoms with Gasteiger partial charge in [0.15, 0.2) is 0 Å². The van der Waals surface area contributed by atoms with E-state index in [1.807, 2.05) is 34.6 Å². The lowest BCUT2D eigenvalue weighted by molar-refractivity contribution is -0.119. The molecule has 0 saturated carbocycles. The van der Waals surface area contributed by atoms with Gasteiger partial charge in [0.25, 0.3) is 15.9 Å². The number of nitrogens with one attached hydrogen (secondary N) is 1. The summed E-state index contributed by atoms with van der Waals surface area (Å²) in [5, 5.41) is 4.11. The Labute approximate surface area is 181 Å². The SMILES string of the molecule is C/C(=N/NC(=O)CN(c1cccc(Br)c1)S(=O)(=O)c1ccc(C)cc1)C(C)(C)C. The van der Waals surface area contributed by atoms with Crippen molar-refractivity contribution in [3.05, 3.63) is 58.6 Å². The van der Waals surface area contributed by atoms with Gasteiger partial charge in [-0.3, -0.25) is 9.10 Å².